The lowest BCUT2D eigenvalue weighted by atomic mass is 10.2. The summed E-state index contributed by atoms with van der Waals surface area (Å²) < 4.78 is 4.00. The fourth-order valence-electron chi connectivity index (χ4n) is 5.54. The molecule has 188 valence electrons. The first kappa shape index (κ1) is 21.1. The van der Waals surface area contributed by atoms with Crippen molar-refractivity contribution in [2.24, 2.45) is 0 Å². The van der Waals surface area contributed by atoms with Gasteiger partial charge in [-0.3, -0.25) is 8.80 Å². The van der Waals surface area contributed by atoms with Gasteiger partial charge in [-0.2, -0.15) is 9.97 Å². The van der Waals surface area contributed by atoms with Crippen LogP contribution in [0.2, 0.25) is 0 Å². The van der Waals surface area contributed by atoms with Crippen LogP contribution in [0.4, 0.5) is 0 Å². The van der Waals surface area contributed by atoms with Crippen molar-refractivity contribution in [3.05, 3.63) is 103 Å². The van der Waals surface area contributed by atoms with E-state index in [0.717, 1.165) is 49.4 Å². The zero-order chi connectivity index (χ0) is 26.2. The van der Waals surface area contributed by atoms with Gasteiger partial charge < -0.3 is 9.97 Å². The lowest BCUT2D eigenvalue weighted by Gasteiger charge is -1.92. The van der Waals surface area contributed by atoms with Crippen molar-refractivity contribution < 1.29 is 0 Å². The standard InChI is InChI=1S/C31H19N9/c1-2-10-19-18(9-1)22-17-25-33-29(23-13-5-7-15-39(23)25)36-27-20-11-3-4-12-21(20)28(34-27)37-31-38-30(35-26(19)32-22)24-14-6-8-16-40(24)31/h1-17H,(H,32,35)(H,34,36,37,38). The first-order valence-corrected chi connectivity index (χ1v) is 13.0. The van der Waals surface area contributed by atoms with E-state index in [9.17, 15) is 0 Å². The Morgan fingerprint density at radius 3 is 1.77 bits per heavy atom. The zero-order valence-electron chi connectivity index (χ0n) is 20.9. The number of nitrogens with zero attached hydrogens (tertiary/aromatic N) is 7. The Bertz CT molecular complexity index is 2040. The maximum atomic E-state index is 5.03. The Balaban J connectivity index is 1.58. The number of nitrogens with one attached hydrogen (secondary N) is 2. The maximum Gasteiger partial charge on any atom is 0.238 e. The Morgan fingerprint density at radius 2 is 1.02 bits per heavy atom. The molecule has 7 aromatic heterocycles. The molecule has 0 amide bonds. The van der Waals surface area contributed by atoms with Crippen molar-refractivity contribution in [3.63, 3.8) is 0 Å². The molecule has 7 heterocycles. The van der Waals surface area contributed by atoms with Crippen molar-refractivity contribution in [3.8, 4) is 0 Å². The topological polar surface area (TPSA) is 105 Å². The summed E-state index contributed by atoms with van der Waals surface area (Å²) in [6, 6.07) is 30.3. The molecule has 40 heavy (non-hydrogen) atoms. The smallest absolute Gasteiger partial charge is 0.238 e. The Kier molecular flexibility index (Phi) is 4.14. The first-order chi connectivity index (χ1) is 19.8. The van der Waals surface area contributed by atoms with E-state index in [1.165, 1.54) is 0 Å². The predicted molar refractivity (Wildman–Crippen MR) is 158 cm³/mol. The molecule has 0 spiro atoms. The summed E-state index contributed by atoms with van der Waals surface area (Å²) in [4.78, 5) is 31.9. The summed E-state index contributed by atoms with van der Waals surface area (Å²) in [7, 11) is 0. The summed E-state index contributed by atoms with van der Waals surface area (Å²) in [5, 5.41) is 3.95. The number of hydrogen-bond donors (Lipinski definition) is 2. The lowest BCUT2D eigenvalue weighted by molar-refractivity contribution is 1.16. The molecule has 0 atom stereocenters. The Labute approximate surface area is 224 Å². The third kappa shape index (κ3) is 2.99. The van der Waals surface area contributed by atoms with Crippen LogP contribution in [0.25, 0.3) is 77.8 Å². The van der Waals surface area contributed by atoms with Crippen molar-refractivity contribution >= 4 is 77.8 Å². The van der Waals surface area contributed by atoms with Gasteiger partial charge in [0.15, 0.2) is 11.3 Å². The second-order valence-corrected chi connectivity index (χ2v) is 9.72. The molecule has 0 aliphatic heterocycles. The van der Waals surface area contributed by atoms with E-state index in [0.29, 0.717) is 28.4 Å². The molecule has 9 rings (SSSR count). The predicted octanol–water partition coefficient (Wildman–Crippen LogP) is 6.43. The fourth-order valence-corrected chi connectivity index (χ4v) is 5.54. The molecule has 9 nitrogen and oxygen atoms in total. The van der Waals surface area contributed by atoms with Crippen LogP contribution in [0, 0.1) is 0 Å². The number of benzene rings is 2. The second kappa shape index (κ2) is 7.84. The molecule has 0 unspecified atom stereocenters. The highest BCUT2D eigenvalue weighted by atomic mass is 15.1. The van der Waals surface area contributed by atoms with Crippen LogP contribution in [0.3, 0.4) is 0 Å². The summed E-state index contributed by atoms with van der Waals surface area (Å²) in [5.41, 5.74) is 6.72. The van der Waals surface area contributed by atoms with Crippen LogP contribution in [-0.2, 0) is 0 Å². The third-order valence-corrected chi connectivity index (χ3v) is 7.39. The van der Waals surface area contributed by atoms with Crippen LogP contribution in [0.5, 0.6) is 0 Å². The van der Waals surface area contributed by atoms with E-state index >= 15 is 0 Å². The van der Waals surface area contributed by atoms with E-state index in [4.69, 9.17) is 24.9 Å². The number of aromatic amines is 2. The largest absolute Gasteiger partial charge is 0.339 e. The van der Waals surface area contributed by atoms with Gasteiger partial charge in [0.05, 0.1) is 16.6 Å². The summed E-state index contributed by atoms with van der Waals surface area (Å²) >= 11 is 0. The van der Waals surface area contributed by atoms with Crippen LogP contribution in [0.1, 0.15) is 0 Å². The van der Waals surface area contributed by atoms with E-state index in [2.05, 4.69) is 26.5 Å². The van der Waals surface area contributed by atoms with Crippen molar-refractivity contribution in [2.75, 3.05) is 0 Å². The summed E-state index contributed by atoms with van der Waals surface area (Å²) in [6.07, 6.45) is 3.96. The molecule has 9 aromatic rings. The molecule has 0 saturated carbocycles. The highest BCUT2D eigenvalue weighted by molar-refractivity contribution is 6.07. The zero-order valence-corrected chi connectivity index (χ0v) is 20.9. The van der Waals surface area contributed by atoms with Crippen molar-refractivity contribution in [1.82, 2.24) is 43.7 Å². The molecule has 2 aromatic carbocycles. The highest BCUT2D eigenvalue weighted by Gasteiger charge is 2.11. The van der Waals surface area contributed by atoms with Crippen LogP contribution in [-0.4, -0.2) is 43.7 Å². The minimum atomic E-state index is 0.525. The number of aromatic nitrogens is 9. The van der Waals surface area contributed by atoms with E-state index in [1.54, 1.807) is 0 Å². The number of pyridine rings is 2. The minimum Gasteiger partial charge on any atom is -0.339 e. The van der Waals surface area contributed by atoms with Gasteiger partial charge >= 0.3 is 0 Å². The monoisotopic (exact) mass is 517 g/mol. The Morgan fingerprint density at radius 1 is 0.475 bits per heavy atom. The van der Waals surface area contributed by atoms with Crippen LogP contribution < -0.4 is 0 Å². The van der Waals surface area contributed by atoms with Gasteiger partial charge in [0.2, 0.25) is 5.78 Å². The number of imidazole rings is 2. The number of hydrogen-bond acceptors (Lipinski definition) is 5. The van der Waals surface area contributed by atoms with Crippen molar-refractivity contribution in [2.45, 2.75) is 0 Å². The highest BCUT2D eigenvalue weighted by Crippen LogP contribution is 2.26. The SMILES string of the molecule is c1ccc2c3nc4nc(nc5[nH]c(nc6nc(cc([nH]3)c2c1)n1ccccc61)c1ccccc51)n1ccccc41. The molecule has 0 radical (unpaired) electrons. The minimum absolute atomic E-state index is 0.525. The van der Waals surface area contributed by atoms with Gasteiger partial charge in [-0.25, -0.2) is 15.0 Å². The van der Waals surface area contributed by atoms with Gasteiger partial charge in [0, 0.05) is 40.0 Å². The summed E-state index contributed by atoms with van der Waals surface area (Å²) in [5.74, 6) is 0.525. The van der Waals surface area contributed by atoms with Gasteiger partial charge in [-0.15, -0.1) is 0 Å². The van der Waals surface area contributed by atoms with Gasteiger partial charge in [-0.05, 0) is 24.3 Å². The van der Waals surface area contributed by atoms with Crippen LogP contribution in [0.15, 0.2) is 103 Å². The Hall–Kier alpha value is -5.83. The molecular weight excluding hydrogens is 498 g/mol. The van der Waals surface area contributed by atoms with Crippen molar-refractivity contribution in [1.29, 1.82) is 0 Å². The van der Waals surface area contributed by atoms with Crippen LogP contribution >= 0.6 is 0 Å². The second-order valence-electron chi connectivity index (χ2n) is 9.72. The number of H-pyrrole nitrogens is 2. The number of fused-ring (bicyclic) bond motifs is 20. The molecule has 0 saturated heterocycles. The van der Waals surface area contributed by atoms with Gasteiger partial charge in [0.1, 0.15) is 22.6 Å². The molecule has 0 aliphatic rings. The number of rotatable bonds is 0. The van der Waals surface area contributed by atoms with Gasteiger partial charge in [-0.1, -0.05) is 60.7 Å². The quantitative estimate of drug-likeness (QED) is 0.241. The molecule has 8 bridgehead atoms. The van der Waals surface area contributed by atoms with E-state index in [1.807, 2.05) is 95.7 Å². The molecule has 2 N–H and O–H groups in total. The first-order valence-electron chi connectivity index (χ1n) is 13.0. The van der Waals surface area contributed by atoms with E-state index < -0.39 is 0 Å². The molecule has 0 aliphatic carbocycles. The van der Waals surface area contributed by atoms with E-state index in [-0.39, 0.29) is 0 Å². The average Bonchev–Trinajstić information content (AvgIpc) is 3.73. The fraction of sp³-hybridized carbons (Fsp3) is 0. The maximum absolute atomic E-state index is 5.03. The molecular formula is C31H19N9. The normalized spacial score (nSPS) is 12.0. The molecule has 0 fully saturated rings. The van der Waals surface area contributed by atoms with Gasteiger partial charge in [0.25, 0.3) is 0 Å². The molecule has 9 heteroatoms. The average molecular weight is 518 g/mol. The lowest BCUT2D eigenvalue weighted by Crippen LogP contribution is -1.85. The third-order valence-electron chi connectivity index (χ3n) is 7.39. The summed E-state index contributed by atoms with van der Waals surface area (Å²) in [6.45, 7) is 0.